The van der Waals surface area contributed by atoms with Crippen LogP contribution in [0, 0.1) is 0 Å². The van der Waals surface area contributed by atoms with Gasteiger partial charge in [-0.05, 0) is 43.7 Å². The molecule has 0 amide bonds. The van der Waals surface area contributed by atoms with E-state index in [1.165, 1.54) is 56.6 Å². The van der Waals surface area contributed by atoms with Crippen molar-refractivity contribution < 1.29 is 32.9 Å². The molecule has 168 valence electrons. The molecule has 2 unspecified atom stereocenters. The zero-order chi connectivity index (χ0) is 23.3. The van der Waals surface area contributed by atoms with Gasteiger partial charge in [0.1, 0.15) is 12.1 Å². The molecular formula is C22H18F3N2O4S-. The summed E-state index contributed by atoms with van der Waals surface area (Å²) in [6.07, 6.45) is -3.70. The van der Waals surface area contributed by atoms with Gasteiger partial charge in [-0.2, -0.15) is 13.2 Å². The van der Waals surface area contributed by atoms with Gasteiger partial charge in [0.25, 0.3) is 0 Å². The molecule has 10 heteroatoms. The fraction of sp³-hybridized carbons (Fsp3) is 0.273. The van der Waals surface area contributed by atoms with E-state index in [4.69, 9.17) is 4.74 Å². The van der Waals surface area contributed by atoms with Crippen molar-refractivity contribution in [3.8, 4) is 5.75 Å². The van der Waals surface area contributed by atoms with Gasteiger partial charge in [-0.15, -0.1) is 0 Å². The van der Waals surface area contributed by atoms with Gasteiger partial charge in [-0.1, -0.05) is 30.0 Å². The highest BCUT2D eigenvalue weighted by Crippen LogP contribution is 2.48. The van der Waals surface area contributed by atoms with E-state index in [-0.39, 0.29) is 11.3 Å². The van der Waals surface area contributed by atoms with E-state index in [2.05, 4.69) is 4.98 Å². The molecule has 1 N–H and O–H groups in total. The van der Waals surface area contributed by atoms with Gasteiger partial charge in [0.2, 0.25) is 0 Å². The van der Waals surface area contributed by atoms with Crippen molar-refractivity contribution >= 4 is 33.8 Å². The smallest absolute Gasteiger partial charge is 0.416 e. The zero-order valence-corrected chi connectivity index (χ0v) is 17.8. The molecule has 0 radical (unpaired) electrons. The van der Waals surface area contributed by atoms with Crippen LogP contribution in [0.3, 0.4) is 0 Å². The highest BCUT2D eigenvalue weighted by Gasteiger charge is 2.45. The number of rotatable bonds is 5. The summed E-state index contributed by atoms with van der Waals surface area (Å²) >= 11 is 0.948. The Morgan fingerprint density at radius 2 is 2.03 bits per heavy atom. The van der Waals surface area contributed by atoms with Crippen LogP contribution < -0.4 is 5.11 Å². The van der Waals surface area contributed by atoms with E-state index in [0.717, 1.165) is 17.8 Å². The number of imidazole rings is 1. The number of alkyl halides is 3. The minimum atomic E-state index is -4.57. The summed E-state index contributed by atoms with van der Waals surface area (Å²) in [5, 5.41) is 22.3. The van der Waals surface area contributed by atoms with Gasteiger partial charge in [0.05, 0.1) is 44.6 Å². The SMILES string of the molecule is C[C@@H](OC1C=C(n2cnc3ccc(O)cc32)SC1(C)C(=O)[O-])c1ccccc1C(F)(F)F. The number of hydrogen-bond donors (Lipinski definition) is 1. The van der Waals surface area contributed by atoms with Crippen LogP contribution in [0.1, 0.15) is 31.1 Å². The average Bonchev–Trinajstić information content (AvgIpc) is 3.28. The first kappa shape index (κ1) is 22.2. The maximum atomic E-state index is 13.4. The number of carboxylic acid groups (broad SMARTS) is 1. The molecule has 1 aliphatic heterocycles. The molecule has 0 spiro atoms. The normalized spacial score (nSPS) is 22.2. The van der Waals surface area contributed by atoms with Crippen molar-refractivity contribution in [2.45, 2.75) is 37.0 Å². The van der Waals surface area contributed by atoms with Crippen molar-refractivity contribution in [2.75, 3.05) is 0 Å². The first-order valence-electron chi connectivity index (χ1n) is 9.61. The second kappa shape index (κ2) is 7.86. The Hall–Kier alpha value is -2.98. The monoisotopic (exact) mass is 463 g/mol. The summed E-state index contributed by atoms with van der Waals surface area (Å²) in [4.78, 5) is 16.3. The number of carbonyl (C=O) groups excluding carboxylic acids is 1. The molecule has 0 bridgehead atoms. The van der Waals surface area contributed by atoms with Crippen LogP contribution >= 0.6 is 11.8 Å². The molecule has 2 heterocycles. The lowest BCUT2D eigenvalue weighted by atomic mass is 10.0. The number of benzene rings is 2. The molecular weight excluding hydrogens is 445 g/mol. The lowest BCUT2D eigenvalue weighted by molar-refractivity contribution is -0.311. The molecule has 0 saturated carbocycles. The molecule has 3 atom stereocenters. The minimum Gasteiger partial charge on any atom is -0.549 e. The Morgan fingerprint density at radius 3 is 2.72 bits per heavy atom. The highest BCUT2D eigenvalue weighted by molar-refractivity contribution is 8.10. The second-order valence-electron chi connectivity index (χ2n) is 7.57. The van der Waals surface area contributed by atoms with Crippen LogP contribution in [0.2, 0.25) is 0 Å². The third kappa shape index (κ3) is 3.84. The Kier molecular flexibility index (Phi) is 5.46. The number of aromatic nitrogens is 2. The van der Waals surface area contributed by atoms with Gasteiger partial charge in [0.15, 0.2) is 0 Å². The number of aliphatic carboxylic acids is 1. The number of thioether (sulfide) groups is 1. The van der Waals surface area contributed by atoms with E-state index in [1.807, 2.05) is 0 Å². The number of carbonyl (C=O) groups is 1. The lowest BCUT2D eigenvalue weighted by Crippen LogP contribution is -2.50. The van der Waals surface area contributed by atoms with Crippen molar-refractivity contribution in [2.24, 2.45) is 0 Å². The summed E-state index contributed by atoms with van der Waals surface area (Å²) in [7, 11) is 0. The molecule has 3 aromatic rings. The third-order valence-electron chi connectivity index (χ3n) is 5.38. The molecule has 1 aliphatic rings. The molecule has 4 rings (SSSR count). The molecule has 0 saturated heterocycles. The van der Waals surface area contributed by atoms with Gasteiger partial charge in [-0.3, -0.25) is 4.57 Å². The van der Waals surface area contributed by atoms with E-state index in [0.29, 0.717) is 16.1 Å². The van der Waals surface area contributed by atoms with Gasteiger partial charge >= 0.3 is 6.18 Å². The Morgan fingerprint density at radius 1 is 1.31 bits per heavy atom. The minimum absolute atomic E-state index is 0.00990. The maximum absolute atomic E-state index is 13.4. The highest BCUT2D eigenvalue weighted by atomic mass is 32.2. The van der Waals surface area contributed by atoms with E-state index >= 15 is 0 Å². The van der Waals surface area contributed by atoms with Gasteiger partial charge in [0, 0.05) is 6.07 Å². The number of halogens is 3. The van der Waals surface area contributed by atoms with Gasteiger partial charge < -0.3 is 19.7 Å². The predicted octanol–water partition coefficient (Wildman–Crippen LogP) is 3.96. The number of carboxylic acids is 1. The summed E-state index contributed by atoms with van der Waals surface area (Å²) < 4.78 is 46.2. The molecule has 0 fully saturated rings. The molecule has 1 aromatic heterocycles. The predicted molar refractivity (Wildman–Crippen MR) is 111 cm³/mol. The van der Waals surface area contributed by atoms with Crippen LogP contribution in [0.5, 0.6) is 5.75 Å². The standard InChI is InChI=1S/C22H19F3N2O4S/c1-12(14-5-3-4-6-15(14)22(23,24)25)31-18-10-19(32-21(18,2)20(29)30)27-11-26-16-8-7-13(28)9-17(16)27/h3-12,18,28H,1-2H3,(H,29,30)/p-1/t12-,18?,21?/m1/s1. The Labute approximate surface area is 185 Å². The number of hydrogen-bond acceptors (Lipinski definition) is 6. The van der Waals surface area contributed by atoms with Crippen LogP contribution in [0.15, 0.2) is 54.9 Å². The number of fused-ring (bicyclic) bond motifs is 1. The summed E-state index contributed by atoms with van der Waals surface area (Å²) in [6, 6.07) is 9.60. The van der Waals surface area contributed by atoms with Crippen LogP contribution in [0.4, 0.5) is 13.2 Å². The molecule has 2 aromatic carbocycles. The van der Waals surface area contributed by atoms with Gasteiger partial charge in [-0.25, -0.2) is 4.98 Å². The number of nitrogens with zero attached hydrogens (tertiary/aromatic N) is 2. The zero-order valence-electron chi connectivity index (χ0n) is 17.0. The van der Waals surface area contributed by atoms with Crippen LogP contribution in [0.25, 0.3) is 16.1 Å². The fourth-order valence-electron chi connectivity index (χ4n) is 3.63. The van der Waals surface area contributed by atoms with E-state index in [1.54, 1.807) is 10.6 Å². The fourth-order valence-corrected chi connectivity index (χ4v) is 4.82. The largest absolute Gasteiger partial charge is 0.549 e. The Balaban J connectivity index is 1.71. The van der Waals surface area contributed by atoms with Crippen molar-refractivity contribution in [3.05, 3.63) is 66.0 Å². The van der Waals surface area contributed by atoms with Crippen LogP contribution in [-0.4, -0.2) is 31.5 Å². The van der Waals surface area contributed by atoms with Crippen molar-refractivity contribution in [1.82, 2.24) is 9.55 Å². The van der Waals surface area contributed by atoms with E-state index in [9.17, 15) is 28.2 Å². The molecule has 32 heavy (non-hydrogen) atoms. The number of phenolic OH excluding ortho intramolecular Hbond substituents is 1. The molecule has 6 nitrogen and oxygen atoms in total. The maximum Gasteiger partial charge on any atom is 0.416 e. The molecule has 0 aliphatic carbocycles. The number of aromatic hydroxyl groups is 1. The first-order chi connectivity index (χ1) is 15.0. The lowest BCUT2D eigenvalue weighted by Gasteiger charge is -2.33. The summed E-state index contributed by atoms with van der Waals surface area (Å²) in [6.45, 7) is 2.85. The summed E-state index contributed by atoms with van der Waals surface area (Å²) in [5.74, 6) is -1.40. The van der Waals surface area contributed by atoms with Crippen LogP contribution in [-0.2, 0) is 15.7 Å². The number of ether oxygens (including phenoxy) is 1. The first-order valence-corrected chi connectivity index (χ1v) is 10.4. The second-order valence-corrected chi connectivity index (χ2v) is 9.04. The van der Waals surface area contributed by atoms with E-state index < -0.39 is 34.7 Å². The number of phenols is 1. The third-order valence-corrected chi connectivity index (χ3v) is 6.75. The summed E-state index contributed by atoms with van der Waals surface area (Å²) in [5.41, 5.74) is 0.191. The topological polar surface area (TPSA) is 87.4 Å². The van der Waals surface area contributed by atoms with Crippen molar-refractivity contribution in [1.29, 1.82) is 0 Å². The quantitative estimate of drug-likeness (QED) is 0.616. The Bertz CT molecular complexity index is 1220. The average molecular weight is 463 g/mol. The van der Waals surface area contributed by atoms with Crippen molar-refractivity contribution in [3.63, 3.8) is 0 Å².